The monoisotopic (exact) mass is 169 g/mol. The summed E-state index contributed by atoms with van der Waals surface area (Å²) >= 11 is 0. The second kappa shape index (κ2) is 3.20. The highest BCUT2D eigenvalue weighted by atomic mass is 16.5. The highest BCUT2D eigenvalue weighted by Crippen LogP contribution is 2.18. The van der Waals surface area contributed by atoms with Crippen molar-refractivity contribution in [2.45, 2.75) is 18.9 Å². The third-order valence-corrected chi connectivity index (χ3v) is 2.04. The first-order chi connectivity index (χ1) is 5.90. The molecule has 2 rings (SSSR count). The molecule has 0 bridgehead atoms. The quantitative estimate of drug-likeness (QED) is 0.632. The van der Waals surface area contributed by atoms with Gasteiger partial charge in [-0.15, -0.1) is 0 Å². The SMILES string of the molecule is OCc1nc(C2CCNC2)no1. The van der Waals surface area contributed by atoms with E-state index in [0.29, 0.717) is 17.6 Å². The van der Waals surface area contributed by atoms with Gasteiger partial charge in [0.1, 0.15) is 6.61 Å². The van der Waals surface area contributed by atoms with Crippen LogP contribution in [-0.2, 0) is 6.61 Å². The Labute approximate surface area is 69.8 Å². The van der Waals surface area contributed by atoms with Crippen molar-refractivity contribution in [3.63, 3.8) is 0 Å². The van der Waals surface area contributed by atoms with Gasteiger partial charge in [-0.25, -0.2) is 0 Å². The maximum atomic E-state index is 8.68. The van der Waals surface area contributed by atoms with Crippen molar-refractivity contribution >= 4 is 0 Å². The average molecular weight is 169 g/mol. The first kappa shape index (κ1) is 7.70. The van der Waals surface area contributed by atoms with Crippen LogP contribution in [0.5, 0.6) is 0 Å². The lowest BCUT2D eigenvalue weighted by Crippen LogP contribution is -2.08. The Bertz CT molecular complexity index is 255. The molecule has 1 aromatic heterocycles. The summed E-state index contributed by atoms with van der Waals surface area (Å²) in [6.45, 7) is 1.74. The molecule has 1 saturated heterocycles. The molecule has 0 aliphatic carbocycles. The zero-order chi connectivity index (χ0) is 8.39. The van der Waals surface area contributed by atoms with Gasteiger partial charge in [-0.2, -0.15) is 4.98 Å². The maximum Gasteiger partial charge on any atom is 0.252 e. The van der Waals surface area contributed by atoms with Crippen LogP contribution in [0.1, 0.15) is 24.1 Å². The van der Waals surface area contributed by atoms with Gasteiger partial charge in [-0.1, -0.05) is 5.16 Å². The van der Waals surface area contributed by atoms with Crippen LogP contribution in [0, 0.1) is 0 Å². The predicted molar refractivity (Wildman–Crippen MR) is 40.4 cm³/mol. The molecule has 1 atom stereocenters. The van der Waals surface area contributed by atoms with Crippen LogP contribution in [0.25, 0.3) is 0 Å². The van der Waals surface area contributed by atoms with Crippen molar-refractivity contribution in [3.05, 3.63) is 11.7 Å². The first-order valence-electron chi connectivity index (χ1n) is 4.04. The van der Waals surface area contributed by atoms with Crippen LogP contribution in [0.2, 0.25) is 0 Å². The van der Waals surface area contributed by atoms with Crippen molar-refractivity contribution < 1.29 is 9.63 Å². The minimum Gasteiger partial charge on any atom is -0.387 e. The van der Waals surface area contributed by atoms with Crippen LogP contribution in [0.4, 0.5) is 0 Å². The largest absolute Gasteiger partial charge is 0.387 e. The van der Waals surface area contributed by atoms with E-state index in [1.165, 1.54) is 0 Å². The molecule has 2 heterocycles. The van der Waals surface area contributed by atoms with E-state index >= 15 is 0 Å². The van der Waals surface area contributed by atoms with E-state index in [1.54, 1.807) is 0 Å². The van der Waals surface area contributed by atoms with Crippen molar-refractivity contribution in [2.24, 2.45) is 0 Å². The molecule has 5 nitrogen and oxygen atoms in total. The Balaban J connectivity index is 2.11. The summed E-state index contributed by atoms with van der Waals surface area (Å²) in [5.74, 6) is 1.37. The van der Waals surface area contributed by atoms with E-state index in [0.717, 1.165) is 19.5 Å². The molecule has 0 aromatic carbocycles. The van der Waals surface area contributed by atoms with Crippen LogP contribution in [0.15, 0.2) is 4.52 Å². The fourth-order valence-electron chi connectivity index (χ4n) is 1.37. The Morgan fingerprint density at radius 3 is 3.17 bits per heavy atom. The molecule has 1 aromatic rings. The second-order valence-corrected chi connectivity index (χ2v) is 2.89. The van der Waals surface area contributed by atoms with Crippen molar-refractivity contribution in [1.82, 2.24) is 15.5 Å². The molecule has 1 fully saturated rings. The molecule has 1 aliphatic rings. The van der Waals surface area contributed by atoms with Gasteiger partial charge < -0.3 is 14.9 Å². The van der Waals surface area contributed by atoms with E-state index in [9.17, 15) is 0 Å². The number of aliphatic hydroxyl groups excluding tert-OH is 1. The van der Waals surface area contributed by atoms with E-state index in [-0.39, 0.29) is 6.61 Å². The summed E-state index contributed by atoms with van der Waals surface area (Å²) in [6, 6.07) is 0. The number of hydrogen-bond donors (Lipinski definition) is 2. The molecule has 66 valence electrons. The molecule has 1 unspecified atom stereocenters. The lowest BCUT2D eigenvalue weighted by Gasteiger charge is -1.98. The molecule has 5 heteroatoms. The fraction of sp³-hybridized carbons (Fsp3) is 0.714. The van der Waals surface area contributed by atoms with Gasteiger partial charge in [0.2, 0.25) is 0 Å². The van der Waals surface area contributed by atoms with Crippen LogP contribution >= 0.6 is 0 Å². The summed E-state index contributed by atoms with van der Waals surface area (Å²) in [6.07, 6.45) is 1.05. The van der Waals surface area contributed by atoms with E-state index in [1.807, 2.05) is 0 Å². The van der Waals surface area contributed by atoms with Crippen molar-refractivity contribution in [3.8, 4) is 0 Å². The molecule has 0 radical (unpaired) electrons. The minimum absolute atomic E-state index is 0.173. The van der Waals surface area contributed by atoms with Gasteiger partial charge in [0.25, 0.3) is 5.89 Å². The highest BCUT2D eigenvalue weighted by molar-refractivity contribution is 4.98. The zero-order valence-electron chi connectivity index (χ0n) is 6.66. The number of aliphatic hydroxyl groups is 1. The van der Waals surface area contributed by atoms with Gasteiger partial charge in [-0.3, -0.25) is 0 Å². The molecular weight excluding hydrogens is 158 g/mol. The number of nitrogens with one attached hydrogen (secondary N) is 1. The highest BCUT2D eigenvalue weighted by Gasteiger charge is 2.21. The Morgan fingerprint density at radius 2 is 2.58 bits per heavy atom. The fourth-order valence-corrected chi connectivity index (χ4v) is 1.37. The van der Waals surface area contributed by atoms with Gasteiger partial charge in [0, 0.05) is 12.5 Å². The molecule has 0 amide bonds. The summed E-state index contributed by atoms with van der Waals surface area (Å²) in [5, 5.41) is 15.7. The van der Waals surface area contributed by atoms with E-state index in [2.05, 4.69) is 15.5 Å². The van der Waals surface area contributed by atoms with Gasteiger partial charge in [-0.05, 0) is 13.0 Å². The molecule has 12 heavy (non-hydrogen) atoms. The molecule has 0 saturated carbocycles. The summed E-state index contributed by atoms with van der Waals surface area (Å²) < 4.78 is 4.79. The van der Waals surface area contributed by atoms with Crippen molar-refractivity contribution in [1.29, 1.82) is 0 Å². The summed E-state index contributed by atoms with van der Waals surface area (Å²) in [5.41, 5.74) is 0. The average Bonchev–Trinajstić information content (AvgIpc) is 2.75. The smallest absolute Gasteiger partial charge is 0.252 e. The predicted octanol–water partition coefficient (Wildman–Crippen LogP) is -0.361. The molecule has 1 aliphatic heterocycles. The zero-order valence-corrected chi connectivity index (χ0v) is 6.66. The van der Waals surface area contributed by atoms with Gasteiger partial charge in [0.05, 0.1) is 0 Å². The van der Waals surface area contributed by atoms with Gasteiger partial charge in [0.15, 0.2) is 5.82 Å². The lowest BCUT2D eigenvalue weighted by molar-refractivity contribution is 0.222. The maximum absolute atomic E-state index is 8.68. The summed E-state index contributed by atoms with van der Waals surface area (Å²) in [7, 11) is 0. The van der Waals surface area contributed by atoms with Crippen LogP contribution in [0.3, 0.4) is 0 Å². The topological polar surface area (TPSA) is 71.2 Å². The molecular formula is C7H11N3O2. The second-order valence-electron chi connectivity index (χ2n) is 2.89. The summed E-state index contributed by atoms with van der Waals surface area (Å²) in [4.78, 5) is 4.04. The first-order valence-corrected chi connectivity index (χ1v) is 4.04. The third kappa shape index (κ3) is 1.33. The minimum atomic E-state index is -0.173. The lowest BCUT2D eigenvalue weighted by atomic mass is 10.1. The third-order valence-electron chi connectivity index (χ3n) is 2.04. The van der Waals surface area contributed by atoms with Crippen LogP contribution in [-0.4, -0.2) is 28.3 Å². The van der Waals surface area contributed by atoms with E-state index < -0.39 is 0 Å². The number of nitrogens with zero attached hydrogens (tertiary/aromatic N) is 2. The Kier molecular flexibility index (Phi) is 2.05. The molecule has 2 N–H and O–H groups in total. The Morgan fingerprint density at radius 1 is 1.67 bits per heavy atom. The number of rotatable bonds is 2. The van der Waals surface area contributed by atoms with Crippen LogP contribution < -0.4 is 5.32 Å². The van der Waals surface area contributed by atoms with E-state index in [4.69, 9.17) is 9.63 Å². The Hall–Kier alpha value is -0.940. The number of aromatic nitrogens is 2. The standard InChI is InChI=1S/C7H11N3O2/c11-4-6-9-7(10-12-6)5-1-2-8-3-5/h5,8,11H,1-4H2. The number of hydrogen-bond acceptors (Lipinski definition) is 5. The molecule has 0 spiro atoms. The normalized spacial score (nSPS) is 23.2. The van der Waals surface area contributed by atoms with Crippen molar-refractivity contribution in [2.75, 3.05) is 13.1 Å². The van der Waals surface area contributed by atoms with Gasteiger partial charge >= 0.3 is 0 Å².